The van der Waals surface area contributed by atoms with Gasteiger partial charge in [-0.3, -0.25) is 0 Å². The lowest BCUT2D eigenvalue weighted by molar-refractivity contribution is 0.908. The molecule has 0 aliphatic carbocycles. The molecular formula is C7H6Cl2N2. The van der Waals surface area contributed by atoms with Gasteiger partial charge in [-0.15, -0.1) is 0 Å². The van der Waals surface area contributed by atoms with Gasteiger partial charge in [-0.05, 0) is 12.1 Å². The molecule has 1 N–H and O–H groups in total. The lowest BCUT2D eigenvalue weighted by Crippen LogP contribution is -1.83. The number of rotatable bonds is 2. The van der Waals surface area contributed by atoms with Gasteiger partial charge in [0.05, 0.1) is 6.54 Å². The Morgan fingerprint density at radius 1 is 1.27 bits per heavy atom. The number of nitrogens with one attached hydrogen (secondary N) is 1. The molecule has 0 aliphatic rings. The predicted molar refractivity (Wildman–Crippen MR) is 45.3 cm³/mol. The van der Waals surface area contributed by atoms with Crippen molar-refractivity contribution in [1.29, 1.82) is 5.53 Å². The number of halogens is 2. The summed E-state index contributed by atoms with van der Waals surface area (Å²) in [5.74, 6) is 0. The molecule has 0 spiro atoms. The second-order valence-corrected chi connectivity index (χ2v) is 2.83. The normalized spacial score (nSPS) is 9.64. The molecule has 1 rings (SSSR count). The van der Waals surface area contributed by atoms with Gasteiger partial charge in [0.1, 0.15) is 0 Å². The van der Waals surface area contributed by atoms with Gasteiger partial charge in [-0.2, -0.15) is 5.11 Å². The molecule has 4 heteroatoms. The maximum atomic E-state index is 6.64. The van der Waals surface area contributed by atoms with E-state index < -0.39 is 0 Å². The Morgan fingerprint density at radius 3 is 2.27 bits per heavy atom. The molecule has 0 saturated heterocycles. The van der Waals surface area contributed by atoms with Crippen molar-refractivity contribution < 1.29 is 0 Å². The first-order valence-electron chi connectivity index (χ1n) is 3.02. The van der Waals surface area contributed by atoms with Crippen molar-refractivity contribution >= 4 is 23.2 Å². The minimum absolute atomic E-state index is 0.249. The fourth-order valence-corrected chi connectivity index (χ4v) is 1.28. The summed E-state index contributed by atoms with van der Waals surface area (Å²) in [7, 11) is 0. The third kappa shape index (κ3) is 1.91. The summed E-state index contributed by atoms with van der Waals surface area (Å²) in [6.07, 6.45) is 0. The molecule has 0 unspecified atom stereocenters. The molecule has 0 aromatic heterocycles. The Kier molecular flexibility index (Phi) is 2.85. The quantitative estimate of drug-likeness (QED) is 0.691. The van der Waals surface area contributed by atoms with Crippen LogP contribution in [0.5, 0.6) is 0 Å². The van der Waals surface area contributed by atoms with Gasteiger partial charge in [0.25, 0.3) is 0 Å². The number of nitrogens with zero attached hydrogens (tertiary/aromatic N) is 1. The second-order valence-electron chi connectivity index (χ2n) is 2.02. The molecule has 0 aliphatic heterocycles. The summed E-state index contributed by atoms with van der Waals surface area (Å²) in [6, 6.07) is 5.22. The van der Waals surface area contributed by atoms with E-state index in [2.05, 4.69) is 5.11 Å². The van der Waals surface area contributed by atoms with E-state index in [0.29, 0.717) is 15.6 Å². The van der Waals surface area contributed by atoms with Crippen LogP contribution in [0.3, 0.4) is 0 Å². The average Bonchev–Trinajstić information content (AvgIpc) is 1.97. The van der Waals surface area contributed by atoms with Crippen LogP contribution in [-0.4, -0.2) is 0 Å². The van der Waals surface area contributed by atoms with Crippen LogP contribution in [-0.2, 0) is 6.54 Å². The third-order valence-electron chi connectivity index (χ3n) is 1.30. The molecule has 0 fully saturated rings. The van der Waals surface area contributed by atoms with E-state index in [1.54, 1.807) is 18.2 Å². The van der Waals surface area contributed by atoms with Crippen LogP contribution in [0.1, 0.15) is 5.56 Å². The van der Waals surface area contributed by atoms with Crippen LogP contribution in [0.25, 0.3) is 0 Å². The molecule has 0 bridgehead atoms. The molecule has 58 valence electrons. The molecule has 0 saturated carbocycles. The third-order valence-corrected chi connectivity index (χ3v) is 2.01. The van der Waals surface area contributed by atoms with Crippen LogP contribution in [0.2, 0.25) is 10.0 Å². The highest BCUT2D eigenvalue weighted by Gasteiger charge is 2.02. The Balaban J connectivity index is 3.09. The fourth-order valence-electron chi connectivity index (χ4n) is 0.762. The second kappa shape index (κ2) is 3.69. The van der Waals surface area contributed by atoms with Crippen molar-refractivity contribution in [2.75, 3.05) is 0 Å². The first kappa shape index (κ1) is 8.50. The maximum Gasteiger partial charge on any atom is 0.0875 e. The SMILES string of the molecule is N=NCc1c(Cl)cccc1Cl. The monoisotopic (exact) mass is 188 g/mol. The van der Waals surface area contributed by atoms with Crippen LogP contribution < -0.4 is 0 Å². The summed E-state index contributed by atoms with van der Waals surface area (Å²) in [5, 5.41) is 4.34. The highest BCUT2D eigenvalue weighted by molar-refractivity contribution is 6.35. The Hall–Kier alpha value is -0.600. The van der Waals surface area contributed by atoms with E-state index in [1.165, 1.54) is 0 Å². The lowest BCUT2D eigenvalue weighted by Gasteiger charge is -2.00. The lowest BCUT2D eigenvalue weighted by atomic mass is 10.2. The fraction of sp³-hybridized carbons (Fsp3) is 0.143. The summed E-state index contributed by atoms with van der Waals surface area (Å²) in [4.78, 5) is 0. The van der Waals surface area contributed by atoms with Gasteiger partial charge in [0.15, 0.2) is 0 Å². The van der Waals surface area contributed by atoms with Gasteiger partial charge in [0.2, 0.25) is 0 Å². The van der Waals surface area contributed by atoms with Crippen molar-refractivity contribution in [1.82, 2.24) is 0 Å². The highest BCUT2D eigenvalue weighted by Crippen LogP contribution is 2.24. The Morgan fingerprint density at radius 2 is 1.82 bits per heavy atom. The van der Waals surface area contributed by atoms with Crippen molar-refractivity contribution in [3.63, 3.8) is 0 Å². The van der Waals surface area contributed by atoms with E-state index in [0.717, 1.165) is 0 Å². The van der Waals surface area contributed by atoms with E-state index in [1.807, 2.05) is 0 Å². The Labute approximate surface area is 74.6 Å². The number of hydrogen-bond acceptors (Lipinski definition) is 2. The van der Waals surface area contributed by atoms with Crippen molar-refractivity contribution in [2.24, 2.45) is 5.11 Å². The first-order valence-corrected chi connectivity index (χ1v) is 3.77. The van der Waals surface area contributed by atoms with E-state index >= 15 is 0 Å². The van der Waals surface area contributed by atoms with Gasteiger partial charge < -0.3 is 0 Å². The molecule has 0 atom stereocenters. The largest absolute Gasteiger partial charge is 0.210 e. The molecule has 2 nitrogen and oxygen atoms in total. The van der Waals surface area contributed by atoms with Crippen molar-refractivity contribution in [3.8, 4) is 0 Å². The first-order chi connectivity index (χ1) is 5.25. The minimum Gasteiger partial charge on any atom is -0.210 e. The zero-order valence-electron chi connectivity index (χ0n) is 5.64. The molecule has 1 aromatic rings. The minimum atomic E-state index is 0.249. The predicted octanol–water partition coefficient (Wildman–Crippen LogP) is 3.52. The average molecular weight is 189 g/mol. The van der Waals surface area contributed by atoms with Crippen molar-refractivity contribution in [3.05, 3.63) is 33.8 Å². The molecular weight excluding hydrogens is 183 g/mol. The smallest absolute Gasteiger partial charge is 0.0875 e. The molecule has 11 heavy (non-hydrogen) atoms. The van der Waals surface area contributed by atoms with Gasteiger partial charge in [-0.25, -0.2) is 5.53 Å². The maximum absolute atomic E-state index is 6.64. The summed E-state index contributed by atoms with van der Waals surface area (Å²) < 4.78 is 0. The Bertz CT molecular complexity index is 253. The highest BCUT2D eigenvalue weighted by atomic mass is 35.5. The number of benzene rings is 1. The van der Waals surface area contributed by atoms with Crippen LogP contribution >= 0.6 is 23.2 Å². The van der Waals surface area contributed by atoms with Gasteiger partial charge >= 0.3 is 0 Å². The number of hydrogen-bond donors (Lipinski definition) is 1. The summed E-state index contributed by atoms with van der Waals surface area (Å²) in [5.41, 5.74) is 7.35. The van der Waals surface area contributed by atoms with Crippen molar-refractivity contribution in [2.45, 2.75) is 6.54 Å². The molecule has 0 radical (unpaired) electrons. The van der Waals surface area contributed by atoms with E-state index in [4.69, 9.17) is 28.7 Å². The molecule has 0 heterocycles. The van der Waals surface area contributed by atoms with Crippen LogP contribution in [0, 0.1) is 5.53 Å². The summed E-state index contributed by atoms with van der Waals surface area (Å²) in [6.45, 7) is 0.249. The molecule has 1 aromatic carbocycles. The van der Waals surface area contributed by atoms with Gasteiger partial charge in [-0.1, -0.05) is 29.3 Å². The van der Waals surface area contributed by atoms with E-state index in [9.17, 15) is 0 Å². The standard InChI is InChI=1S/C7H6Cl2N2/c8-6-2-1-3-7(9)5(6)4-11-10/h1-3,10H,4H2. The van der Waals surface area contributed by atoms with Gasteiger partial charge in [0, 0.05) is 15.6 Å². The van der Waals surface area contributed by atoms with Crippen LogP contribution in [0.4, 0.5) is 0 Å². The topological polar surface area (TPSA) is 36.2 Å². The zero-order chi connectivity index (χ0) is 8.27. The summed E-state index contributed by atoms with van der Waals surface area (Å²) >= 11 is 11.6. The molecule has 0 amide bonds. The zero-order valence-corrected chi connectivity index (χ0v) is 7.15. The van der Waals surface area contributed by atoms with Crippen LogP contribution in [0.15, 0.2) is 23.3 Å². The van der Waals surface area contributed by atoms with E-state index in [-0.39, 0.29) is 6.54 Å².